The van der Waals surface area contributed by atoms with Gasteiger partial charge in [0.1, 0.15) is 5.82 Å². The van der Waals surface area contributed by atoms with Gasteiger partial charge in [-0.15, -0.1) is 0 Å². The number of nitrogens with zero attached hydrogens (tertiary/aromatic N) is 2. The molecule has 2 aromatic rings. The number of alkyl halides is 3. The zero-order chi connectivity index (χ0) is 25.0. The second kappa shape index (κ2) is 10.8. The van der Waals surface area contributed by atoms with E-state index in [1.807, 2.05) is 4.90 Å². The molecule has 0 saturated carbocycles. The summed E-state index contributed by atoms with van der Waals surface area (Å²) in [4.78, 5) is 30.8. The van der Waals surface area contributed by atoms with Gasteiger partial charge in [0, 0.05) is 29.3 Å². The number of halogens is 5. The summed E-state index contributed by atoms with van der Waals surface area (Å²) < 4.78 is 43.5. The predicted molar refractivity (Wildman–Crippen MR) is 123 cm³/mol. The van der Waals surface area contributed by atoms with E-state index in [0.717, 1.165) is 12.3 Å². The lowest BCUT2D eigenvalue weighted by Gasteiger charge is -2.32. The van der Waals surface area contributed by atoms with Crippen LogP contribution in [0.5, 0.6) is 0 Å². The Morgan fingerprint density at radius 3 is 2.38 bits per heavy atom. The molecule has 3 rings (SSSR count). The van der Waals surface area contributed by atoms with E-state index in [1.165, 1.54) is 13.0 Å². The zero-order valence-electron chi connectivity index (χ0n) is 18.5. The number of piperidine rings is 1. The number of rotatable bonds is 6. The third-order valence-corrected chi connectivity index (χ3v) is 6.24. The van der Waals surface area contributed by atoms with Crippen molar-refractivity contribution in [3.05, 3.63) is 57.7 Å². The van der Waals surface area contributed by atoms with Gasteiger partial charge >= 0.3 is 12.1 Å². The molecule has 0 bridgehead atoms. The quantitative estimate of drug-likeness (QED) is 0.517. The van der Waals surface area contributed by atoms with Gasteiger partial charge in [0.25, 0.3) is 5.91 Å². The number of pyridine rings is 1. The summed E-state index contributed by atoms with van der Waals surface area (Å²) >= 11 is 12.1. The third-order valence-electron chi connectivity index (χ3n) is 5.68. The summed E-state index contributed by atoms with van der Waals surface area (Å²) in [5.41, 5.74) is -0.128. The van der Waals surface area contributed by atoms with Crippen LogP contribution in [0.1, 0.15) is 43.9 Å². The Hall–Kier alpha value is -2.52. The van der Waals surface area contributed by atoms with Gasteiger partial charge in [-0.1, -0.05) is 29.3 Å². The number of hydrogen-bond acceptors (Lipinski definition) is 5. The van der Waals surface area contributed by atoms with Crippen LogP contribution >= 0.6 is 23.2 Å². The lowest BCUT2D eigenvalue weighted by atomic mass is 9.97. The van der Waals surface area contributed by atoms with Crippen molar-refractivity contribution in [2.24, 2.45) is 5.92 Å². The summed E-state index contributed by atoms with van der Waals surface area (Å²) in [7, 11) is 0. The molecule has 6 nitrogen and oxygen atoms in total. The Balaban J connectivity index is 1.49. The maximum absolute atomic E-state index is 12.7. The van der Waals surface area contributed by atoms with E-state index in [2.05, 4.69) is 10.3 Å². The maximum Gasteiger partial charge on any atom is 0.417 e. The van der Waals surface area contributed by atoms with E-state index in [4.69, 9.17) is 27.9 Å². The summed E-state index contributed by atoms with van der Waals surface area (Å²) in [6, 6.07) is 6.85. The summed E-state index contributed by atoms with van der Waals surface area (Å²) in [5, 5.41) is 3.67. The Labute approximate surface area is 205 Å². The molecule has 0 aliphatic carbocycles. The monoisotopic (exact) mass is 517 g/mol. The first-order chi connectivity index (χ1) is 16.0. The number of carbonyl (C=O) groups excluding carboxylic acids is 2. The van der Waals surface area contributed by atoms with Crippen molar-refractivity contribution in [3.63, 3.8) is 0 Å². The summed E-state index contributed by atoms with van der Waals surface area (Å²) in [5.74, 6) is -0.940. The third kappa shape index (κ3) is 6.54. The van der Waals surface area contributed by atoms with Crippen LogP contribution in [0.15, 0.2) is 36.5 Å². The second-order valence-corrected chi connectivity index (χ2v) is 8.98. The molecule has 1 aliphatic rings. The number of amides is 1. The highest BCUT2D eigenvalue weighted by atomic mass is 35.5. The predicted octanol–water partition coefficient (Wildman–Crippen LogP) is 5.43. The fraction of sp³-hybridized carbons (Fsp3) is 0.435. The van der Waals surface area contributed by atoms with Crippen molar-refractivity contribution in [1.29, 1.82) is 0 Å². The van der Waals surface area contributed by atoms with Crippen LogP contribution < -0.4 is 10.2 Å². The summed E-state index contributed by atoms with van der Waals surface area (Å²) in [6.07, 6.45) is -3.77. The van der Waals surface area contributed by atoms with Crippen molar-refractivity contribution < 1.29 is 27.5 Å². The van der Waals surface area contributed by atoms with E-state index in [0.29, 0.717) is 47.4 Å². The van der Waals surface area contributed by atoms with Crippen LogP contribution in [-0.2, 0) is 20.5 Å². The molecule has 0 unspecified atom stereocenters. The van der Waals surface area contributed by atoms with Crippen LogP contribution in [0.4, 0.5) is 19.0 Å². The molecular formula is C23H24Cl2F3N3O3. The lowest BCUT2D eigenvalue weighted by Crippen LogP contribution is -2.41. The smallest absolute Gasteiger partial charge is 0.417 e. The highest BCUT2D eigenvalue weighted by molar-refractivity contribution is 6.35. The first-order valence-corrected chi connectivity index (χ1v) is 11.5. The Morgan fingerprint density at radius 1 is 1.15 bits per heavy atom. The Kier molecular flexibility index (Phi) is 8.30. The minimum atomic E-state index is -4.44. The molecule has 1 N–H and O–H groups in total. The topological polar surface area (TPSA) is 71.5 Å². The Morgan fingerprint density at radius 2 is 1.82 bits per heavy atom. The van der Waals surface area contributed by atoms with Crippen molar-refractivity contribution in [2.45, 2.75) is 45.0 Å². The molecule has 1 fully saturated rings. The molecule has 1 aliphatic heterocycles. The number of esters is 1. The maximum atomic E-state index is 12.7. The largest absolute Gasteiger partial charge is 0.452 e. The molecule has 11 heteroatoms. The standard InChI is InChI=1S/C23H24Cl2F3N3O3/c1-13(18-5-4-17(24)11-19(18)25)30-21(32)14(2)34-22(33)15-7-9-31(10-8-15)20-6-3-16(12-29-20)23(26,27)28/h3-6,11-15H,7-10H2,1-2H3,(H,30,32)/t13-,14-/m0/s1. The average Bonchev–Trinajstić information content (AvgIpc) is 2.78. The van der Waals surface area contributed by atoms with E-state index in [1.54, 1.807) is 25.1 Å². The molecule has 0 spiro atoms. The van der Waals surface area contributed by atoms with Crippen LogP contribution in [-0.4, -0.2) is 36.1 Å². The van der Waals surface area contributed by atoms with Gasteiger partial charge in [0.05, 0.1) is 17.5 Å². The zero-order valence-corrected chi connectivity index (χ0v) is 20.0. The minimum Gasteiger partial charge on any atom is -0.452 e. The fourth-order valence-corrected chi connectivity index (χ4v) is 4.24. The molecule has 184 valence electrons. The molecule has 1 amide bonds. The van der Waals surface area contributed by atoms with Crippen molar-refractivity contribution in [2.75, 3.05) is 18.0 Å². The number of anilines is 1. The van der Waals surface area contributed by atoms with Crippen molar-refractivity contribution >= 4 is 40.9 Å². The SMILES string of the molecule is C[C@H](OC(=O)C1CCN(c2ccc(C(F)(F)F)cn2)CC1)C(=O)N[C@@H](C)c1ccc(Cl)cc1Cl. The molecule has 1 saturated heterocycles. The number of hydrogen-bond donors (Lipinski definition) is 1. The average molecular weight is 518 g/mol. The molecule has 1 aromatic carbocycles. The number of carbonyl (C=O) groups is 2. The lowest BCUT2D eigenvalue weighted by molar-refractivity contribution is -0.159. The Bertz CT molecular complexity index is 1030. The van der Waals surface area contributed by atoms with Gasteiger partial charge in [-0.05, 0) is 56.5 Å². The molecule has 0 radical (unpaired) electrons. The van der Waals surface area contributed by atoms with E-state index < -0.39 is 41.7 Å². The molecule has 1 aromatic heterocycles. The van der Waals surface area contributed by atoms with Gasteiger partial charge in [-0.25, -0.2) is 4.98 Å². The molecule has 2 atom stereocenters. The van der Waals surface area contributed by atoms with Gasteiger partial charge in [-0.2, -0.15) is 13.2 Å². The highest BCUT2D eigenvalue weighted by Gasteiger charge is 2.32. The van der Waals surface area contributed by atoms with Gasteiger partial charge < -0.3 is 15.0 Å². The van der Waals surface area contributed by atoms with Gasteiger partial charge in [-0.3, -0.25) is 9.59 Å². The summed E-state index contributed by atoms with van der Waals surface area (Å²) in [6.45, 7) is 4.12. The van der Waals surface area contributed by atoms with Crippen LogP contribution in [0.3, 0.4) is 0 Å². The van der Waals surface area contributed by atoms with Gasteiger partial charge in [0.15, 0.2) is 6.10 Å². The first kappa shape index (κ1) is 26.1. The highest BCUT2D eigenvalue weighted by Crippen LogP contribution is 2.30. The number of nitrogens with one attached hydrogen (secondary N) is 1. The molecule has 2 heterocycles. The molecule has 34 heavy (non-hydrogen) atoms. The fourth-order valence-electron chi connectivity index (χ4n) is 3.67. The van der Waals surface area contributed by atoms with E-state index >= 15 is 0 Å². The first-order valence-electron chi connectivity index (χ1n) is 10.7. The second-order valence-electron chi connectivity index (χ2n) is 8.14. The number of benzene rings is 1. The number of aromatic nitrogens is 1. The van der Waals surface area contributed by atoms with E-state index in [9.17, 15) is 22.8 Å². The molecular weight excluding hydrogens is 494 g/mol. The van der Waals surface area contributed by atoms with Crippen LogP contribution in [0.2, 0.25) is 10.0 Å². The van der Waals surface area contributed by atoms with Crippen LogP contribution in [0.25, 0.3) is 0 Å². The van der Waals surface area contributed by atoms with Gasteiger partial charge in [0.2, 0.25) is 0 Å². The van der Waals surface area contributed by atoms with Crippen molar-refractivity contribution in [3.8, 4) is 0 Å². The minimum absolute atomic E-state index is 0.413. The van der Waals surface area contributed by atoms with Crippen molar-refractivity contribution in [1.82, 2.24) is 10.3 Å². The van der Waals surface area contributed by atoms with E-state index in [-0.39, 0.29) is 0 Å². The normalized spacial score (nSPS) is 16.6. The van der Waals surface area contributed by atoms with Crippen LogP contribution in [0, 0.1) is 5.92 Å². The number of ether oxygens (including phenoxy) is 1.